The van der Waals surface area contributed by atoms with Crippen LogP contribution in [-0.4, -0.2) is 42.6 Å². The molecule has 26 heavy (non-hydrogen) atoms. The first-order chi connectivity index (χ1) is 12.2. The molecule has 1 amide bonds. The van der Waals surface area contributed by atoms with Gasteiger partial charge in [-0.25, -0.2) is 4.39 Å². The molecule has 2 rings (SSSR count). The molecule has 0 atom stereocenters. The number of carbonyl (C=O) groups is 2. The SMILES string of the molecule is CCOC(=O)CC(=O)N1CCC(Oc2ccc(F)cc2C(C)(C)C)CC1. The Balaban J connectivity index is 1.93. The Morgan fingerprint density at radius 1 is 1.23 bits per heavy atom. The summed E-state index contributed by atoms with van der Waals surface area (Å²) < 4.78 is 24.6. The van der Waals surface area contributed by atoms with E-state index in [2.05, 4.69) is 0 Å². The van der Waals surface area contributed by atoms with Crippen molar-refractivity contribution in [2.75, 3.05) is 19.7 Å². The molecule has 1 fully saturated rings. The van der Waals surface area contributed by atoms with Gasteiger partial charge < -0.3 is 14.4 Å². The number of hydrogen-bond acceptors (Lipinski definition) is 4. The van der Waals surface area contributed by atoms with Crippen LogP contribution >= 0.6 is 0 Å². The molecule has 0 bridgehead atoms. The number of benzene rings is 1. The van der Waals surface area contributed by atoms with Gasteiger partial charge in [-0.05, 0) is 30.5 Å². The summed E-state index contributed by atoms with van der Waals surface area (Å²) in [4.78, 5) is 25.2. The third-order valence-corrected chi connectivity index (χ3v) is 4.44. The highest BCUT2D eigenvalue weighted by molar-refractivity contribution is 5.94. The molecule has 0 aliphatic carbocycles. The van der Waals surface area contributed by atoms with Crippen LogP contribution < -0.4 is 4.74 Å². The lowest BCUT2D eigenvalue weighted by atomic mass is 9.86. The van der Waals surface area contributed by atoms with E-state index >= 15 is 0 Å². The Morgan fingerprint density at radius 2 is 1.88 bits per heavy atom. The molecule has 1 aromatic carbocycles. The molecule has 0 unspecified atom stereocenters. The van der Waals surface area contributed by atoms with Gasteiger partial charge in [0.2, 0.25) is 5.91 Å². The van der Waals surface area contributed by atoms with Crippen LogP contribution in [0.2, 0.25) is 0 Å². The molecule has 6 heteroatoms. The van der Waals surface area contributed by atoms with Crippen LogP contribution in [0.5, 0.6) is 5.75 Å². The van der Waals surface area contributed by atoms with Crippen LogP contribution in [-0.2, 0) is 19.7 Å². The molecular formula is C20H28FNO4. The lowest BCUT2D eigenvalue weighted by Crippen LogP contribution is -2.42. The molecule has 5 nitrogen and oxygen atoms in total. The first-order valence-corrected chi connectivity index (χ1v) is 9.10. The third-order valence-electron chi connectivity index (χ3n) is 4.44. The van der Waals surface area contributed by atoms with E-state index in [1.807, 2.05) is 20.8 Å². The molecular weight excluding hydrogens is 337 g/mol. The van der Waals surface area contributed by atoms with Gasteiger partial charge in [-0.3, -0.25) is 9.59 Å². The van der Waals surface area contributed by atoms with Crippen LogP contribution in [0.15, 0.2) is 18.2 Å². The standard InChI is InChI=1S/C20H28FNO4/c1-5-25-19(24)13-18(23)22-10-8-15(9-11-22)26-17-7-6-14(21)12-16(17)20(2,3)4/h6-7,12,15H,5,8-11,13H2,1-4H3. The summed E-state index contributed by atoms with van der Waals surface area (Å²) in [6.07, 6.45) is 1.10. The number of amides is 1. The van der Waals surface area contributed by atoms with E-state index < -0.39 is 5.97 Å². The van der Waals surface area contributed by atoms with Crippen molar-refractivity contribution in [3.8, 4) is 5.75 Å². The van der Waals surface area contributed by atoms with E-state index in [9.17, 15) is 14.0 Å². The zero-order valence-corrected chi connectivity index (χ0v) is 16.0. The Labute approximate surface area is 154 Å². The minimum atomic E-state index is -0.489. The molecule has 0 aromatic heterocycles. The van der Waals surface area contributed by atoms with Crippen molar-refractivity contribution in [2.24, 2.45) is 0 Å². The first kappa shape index (κ1) is 20.2. The maximum atomic E-state index is 13.6. The van der Waals surface area contributed by atoms with Crippen LogP contribution in [0, 0.1) is 5.82 Å². The molecule has 1 aliphatic rings. The predicted octanol–water partition coefficient (Wildman–Crippen LogP) is 3.45. The van der Waals surface area contributed by atoms with Gasteiger partial charge in [0.15, 0.2) is 0 Å². The van der Waals surface area contributed by atoms with Gasteiger partial charge >= 0.3 is 5.97 Å². The second-order valence-electron chi connectivity index (χ2n) is 7.57. The number of carbonyl (C=O) groups excluding carboxylic acids is 2. The molecule has 1 saturated heterocycles. The van der Waals surface area contributed by atoms with Crippen molar-refractivity contribution in [1.29, 1.82) is 0 Å². The second kappa shape index (κ2) is 8.52. The smallest absolute Gasteiger partial charge is 0.315 e. The van der Waals surface area contributed by atoms with Gasteiger partial charge in [-0.2, -0.15) is 0 Å². The summed E-state index contributed by atoms with van der Waals surface area (Å²) in [6, 6.07) is 4.60. The fourth-order valence-electron chi connectivity index (χ4n) is 3.04. The quantitative estimate of drug-likeness (QED) is 0.592. The number of ether oxygens (including phenoxy) is 2. The largest absolute Gasteiger partial charge is 0.490 e. The predicted molar refractivity (Wildman–Crippen MR) is 96.6 cm³/mol. The summed E-state index contributed by atoms with van der Waals surface area (Å²) in [5, 5.41) is 0. The lowest BCUT2D eigenvalue weighted by Gasteiger charge is -2.33. The number of piperidine rings is 1. The highest BCUT2D eigenvalue weighted by atomic mass is 19.1. The van der Waals surface area contributed by atoms with Gasteiger partial charge in [-0.15, -0.1) is 0 Å². The van der Waals surface area contributed by atoms with E-state index in [1.54, 1.807) is 17.9 Å². The van der Waals surface area contributed by atoms with Crippen molar-refractivity contribution < 1.29 is 23.5 Å². The van der Waals surface area contributed by atoms with Crippen LogP contribution in [0.3, 0.4) is 0 Å². The highest BCUT2D eigenvalue weighted by Gasteiger charge is 2.27. The third kappa shape index (κ3) is 5.44. The summed E-state index contributed by atoms with van der Waals surface area (Å²) in [6.45, 7) is 9.12. The Bertz CT molecular complexity index is 646. The van der Waals surface area contributed by atoms with Crippen molar-refractivity contribution in [3.05, 3.63) is 29.6 Å². The van der Waals surface area contributed by atoms with Crippen molar-refractivity contribution in [3.63, 3.8) is 0 Å². The minimum absolute atomic E-state index is 0.0341. The van der Waals surface area contributed by atoms with E-state index in [-0.39, 0.29) is 36.3 Å². The number of nitrogens with zero attached hydrogens (tertiary/aromatic N) is 1. The van der Waals surface area contributed by atoms with Gasteiger partial charge in [0.1, 0.15) is 24.1 Å². The zero-order chi connectivity index (χ0) is 19.3. The fraction of sp³-hybridized carbons (Fsp3) is 0.600. The monoisotopic (exact) mass is 365 g/mol. The molecule has 0 spiro atoms. The Morgan fingerprint density at radius 3 is 2.46 bits per heavy atom. The summed E-state index contributed by atoms with van der Waals surface area (Å²) in [7, 11) is 0. The molecule has 0 radical (unpaired) electrons. The van der Waals surface area contributed by atoms with Crippen molar-refractivity contribution in [2.45, 2.75) is 58.5 Å². The summed E-state index contributed by atoms with van der Waals surface area (Å²) in [5.74, 6) is -0.284. The van der Waals surface area contributed by atoms with Crippen LogP contribution in [0.1, 0.15) is 52.5 Å². The normalized spacial score (nSPS) is 15.7. The Kier molecular flexibility index (Phi) is 6.62. The maximum absolute atomic E-state index is 13.6. The number of rotatable bonds is 5. The number of esters is 1. The molecule has 1 aliphatic heterocycles. The van der Waals surface area contributed by atoms with E-state index in [0.717, 1.165) is 5.56 Å². The molecule has 144 valence electrons. The van der Waals surface area contributed by atoms with Crippen molar-refractivity contribution in [1.82, 2.24) is 4.90 Å². The van der Waals surface area contributed by atoms with E-state index in [0.29, 0.717) is 31.7 Å². The first-order valence-electron chi connectivity index (χ1n) is 9.10. The van der Waals surface area contributed by atoms with Crippen molar-refractivity contribution >= 4 is 11.9 Å². The van der Waals surface area contributed by atoms with E-state index in [1.165, 1.54) is 12.1 Å². The number of halogens is 1. The van der Waals surface area contributed by atoms with Gasteiger partial charge in [0.05, 0.1) is 6.61 Å². The highest BCUT2D eigenvalue weighted by Crippen LogP contribution is 2.33. The topological polar surface area (TPSA) is 55.8 Å². The average Bonchev–Trinajstić information content (AvgIpc) is 2.56. The maximum Gasteiger partial charge on any atom is 0.315 e. The summed E-state index contributed by atoms with van der Waals surface area (Å²) >= 11 is 0. The molecule has 0 saturated carbocycles. The molecule has 0 N–H and O–H groups in total. The minimum Gasteiger partial charge on any atom is -0.490 e. The molecule has 1 heterocycles. The lowest BCUT2D eigenvalue weighted by molar-refractivity contribution is -0.149. The fourth-order valence-corrected chi connectivity index (χ4v) is 3.04. The van der Waals surface area contributed by atoms with Gasteiger partial charge in [-0.1, -0.05) is 20.8 Å². The van der Waals surface area contributed by atoms with Gasteiger partial charge in [0.25, 0.3) is 0 Å². The van der Waals surface area contributed by atoms with Crippen LogP contribution in [0.25, 0.3) is 0 Å². The summed E-state index contributed by atoms with van der Waals surface area (Å²) in [5.41, 5.74) is 0.603. The zero-order valence-electron chi connectivity index (χ0n) is 16.0. The Hall–Kier alpha value is -2.11. The van der Waals surface area contributed by atoms with Crippen LogP contribution in [0.4, 0.5) is 4.39 Å². The molecule has 1 aromatic rings. The number of hydrogen-bond donors (Lipinski definition) is 0. The van der Waals surface area contributed by atoms with Gasteiger partial charge in [0, 0.05) is 31.5 Å². The average molecular weight is 365 g/mol. The van der Waals surface area contributed by atoms with E-state index in [4.69, 9.17) is 9.47 Å². The number of likely N-dealkylation sites (tertiary alicyclic amines) is 1. The second-order valence-corrected chi connectivity index (χ2v) is 7.57.